The van der Waals surface area contributed by atoms with Crippen molar-refractivity contribution in [1.29, 1.82) is 0 Å². The predicted octanol–water partition coefficient (Wildman–Crippen LogP) is 3.40. The number of benzene rings is 2. The fourth-order valence-corrected chi connectivity index (χ4v) is 3.73. The number of carbonyl (C=O) groups is 1. The molecule has 0 atom stereocenters. The van der Waals surface area contributed by atoms with E-state index in [-0.39, 0.29) is 36.4 Å². The number of hydrogen-bond acceptors (Lipinski definition) is 4. The molecule has 174 valence electrons. The van der Waals surface area contributed by atoms with Crippen LogP contribution in [0.3, 0.4) is 0 Å². The number of anilines is 1. The third-order valence-electron chi connectivity index (χ3n) is 5.28. The van der Waals surface area contributed by atoms with Gasteiger partial charge in [-0.25, -0.2) is 4.99 Å². The van der Waals surface area contributed by atoms with Crippen molar-refractivity contribution >= 4 is 41.5 Å². The Bertz CT molecular complexity index is 920. The molecule has 0 aromatic heterocycles. The van der Waals surface area contributed by atoms with Crippen LogP contribution in [0.15, 0.2) is 47.5 Å². The highest BCUT2D eigenvalue weighted by atomic mass is 127. The first kappa shape index (κ1) is 25.8. The third kappa shape index (κ3) is 6.75. The van der Waals surface area contributed by atoms with Crippen molar-refractivity contribution in [3.63, 3.8) is 0 Å². The molecule has 2 N–H and O–H groups in total. The number of aryl methyl sites for hydroxylation is 1. The molecule has 0 radical (unpaired) electrons. The second kappa shape index (κ2) is 13.1. The number of rotatable bonds is 8. The normalized spacial score (nSPS) is 13.0. The summed E-state index contributed by atoms with van der Waals surface area (Å²) in [7, 11) is 3.26. The minimum atomic E-state index is 0. The van der Waals surface area contributed by atoms with Gasteiger partial charge in [-0.05, 0) is 55.5 Å². The Kier molecular flexibility index (Phi) is 10.6. The highest BCUT2D eigenvalue weighted by Crippen LogP contribution is 2.28. The van der Waals surface area contributed by atoms with Gasteiger partial charge in [-0.15, -0.1) is 24.0 Å². The Hall–Kier alpha value is -2.49. The van der Waals surface area contributed by atoms with Gasteiger partial charge in [0.25, 0.3) is 0 Å². The van der Waals surface area contributed by atoms with E-state index in [1.54, 1.807) is 14.2 Å². The molecule has 3 rings (SSSR count). The summed E-state index contributed by atoms with van der Waals surface area (Å²) in [6, 6.07) is 14.0. The van der Waals surface area contributed by atoms with E-state index in [1.165, 1.54) is 5.56 Å². The molecule has 1 aliphatic heterocycles. The predicted molar refractivity (Wildman–Crippen MR) is 140 cm³/mol. The summed E-state index contributed by atoms with van der Waals surface area (Å²) in [5, 5.41) is 6.52. The smallest absolute Gasteiger partial charge is 0.248 e. The van der Waals surface area contributed by atoms with E-state index >= 15 is 0 Å². The SMILES string of the molecule is CCNC(=NCC(=O)N1CCCc2ccccc21)NCCc1ccc(OC)c(OC)c1.I. The number of guanidine groups is 1. The second-order valence-corrected chi connectivity index (χ2v) is 7.34. The molecule has 0 bridgehead atoms. The molecule has 0 saturated heterocycles. The summed E-state index contributed by atoms with van der Waals surface area (Å²) >= 11 is 0. The summed E-state index contributed by atoms with van der Waals surface area (Å²) in [5.74, 6) is 2.09. The lowest BCUT2D eigenvalue weighted by atomic mass is 10.0. The average molecular weight is 552 g/mol. The largest absolute Gasteiger partial charge is 0.493 e. The molecule has 2 aromatic carbocycles. The number of aliphatic imine (C=N–C) groups is 1. The number of nitrogens with zero attached hydrogens (tertiary/aromatic N) is 2. The number of nitrogens with one attached hydrogen (secondary N) is 2. The number of methoxy groups -OCH3 is 2. The van der Waals surface area contributed by atoms with Gasteiger partial charge in [-0.2, -0.15) is 0 Å². The van der Waals surface area contributed by atoms with E-state index in [9.17, 15) is 4.79 Å². The Morgan fingerprint density at radius 3 is 2.62 bits per heavy atom. The van der Waals surface area contributed by atoms with Crippen LogP contribution in [0.4, 0.5) is 5.69 Å². The van der Waals surface area contributed by atoms with E-state index in [0.717, 1.165) is 43.6 Å². The molecule has 2 aromatic rings. The number of halogens is 1. The van der Waals surface area contributed by atoms with Crippen molar-refractivity contribution in [2.24, 2.45) is 4.99 Å². The van der Waals surface area contributed by atoms with Crippen LogP contribution in [0.2, 0.25) is 0 Å². The number of para-hydroxylation sites is 1. The van der Waals surface area contributed by atoms with Crippen molar-refractivity contribution in [2.75, 3.05) is 45.3 Å². The molecule has 8 heteroatoms. The van der Waals surface area contributed by atoms with E-state index in [0.29, 0.717) is 24.0 Å². The van der Waals surface area contributed by atoms with E-state index in [2.05, 4.69) is 21.7 Å². The second-order valence-electron chi connectivity index (χ2n) is 7.34. The van der Waals surface area contributed by atoms with Gasteiger partial charge < -0.3 is 25.0 Å². The van der Waals surface area contributed by atoms with Crippen molar-refractivity contribution < 1.29 is 14.3 Å². The van der Waals surface area contributed by atoms with Crippen molar-refractivity contribution in [1.82, 2.24) is 10.6 Å². The number of ether oxygens (including phenoxy) is 2. The van der Waals surface area contributed by atoms with Gasteiger partial charge in [0.15, 0.2) is 17.5 Å². The maximum absolute atomic E-state index is 12.8. The lowest BCUT2D eigenvalue weighted by molar-refractivity contribution is -0.117. The molecule has 1 heterocycles. The zero-order chi connectivity index (χ0) is 22.1. The highest BCUT2D eigenvalue weighted by Gasteiger charge is 2.21. The maximum atomic E-state index is 12.8. The van der Waals surface area contributed by atoms with Gasteiger partial charge in [-0.3, -0.25) is 4.79 Å². The first-order chi connectivity index (χ1) is 15.2. The van der Waals surface area contributed by atoms with Crippen molar-refractivity contribution in [3.8, 4) is 11.5 Å². The lowest BCUT2D eigenvalue weighted by Crippen LogP contribution is -2.41. The van der Waals surface area contributed by atoms with Gasteiger partial charge in [0.2, 0.25) is 5.91 Å². The molecule has 0 spiro atoms. The third-order valence-corrected chi connectivity index (χ3v) is 5.28. The molecular weight excluding hydrogens is 519 g/mol. The highest BCUT2D eigenvalue weighted by molar-refractivity contribution is 14.0. The first-order valence-corrected chi connectivity index (χ1v) is 10.8. The molecule has 0 fully saturated rings. The van der Waals surface area contributed by atoms with E-state index in [4.69, 9.17) is 9.47 Å². The Morgan fingerprint density at radius 1 is 1.09 bits per heavy atom. The van der Waals surface area contributed by atoms with Gasteiger partial charge >= 0.3 is 0 Å². The van der Waals surface area contributed by atoms with Crippen LogP contribution in [0, 0.1) is 0 Å². The number of fused-ring (bicyclic) bond motifs is 1. The zero-order valence-electron chi connectivity index (χ0n) is 19.0. The van der Waals surface area contributed by atoms with Crippen LogP contribution in [-0.2, 0) is 17.6 Å². The van der Waals surface area contributed by atoms with Crippen LogP contribution in [-0.4, -0.2) is 52.3 Å². The van der Waals surface area contributed by atoms with E-state index < -0.39 is 0 Å². The van der Waals surface area contributed by atoms with Gasteiger partial charge in [0, 0.05) is 25.3 Å². The summed E-state index contributed by atoms with van der Waals surface area (Å²) in [6.07, 6.45) is 2.79. The Labute approximate surface area is 207 Å². The summed E-state index contributed by atoms with van der Waals surface area (Å²) in [5.41, 5.74) is 3.37. The maximum Gasteiger partial charge on any atom is 0.248 e. The minimum absolute atomic E-state index is 0. The molecule has 1 aliphatic rings. The topological polar surface area (TPSA) is 75.2 Å². The number of hydrogen-bond donors (Lipinski definition) is 2. The van der Waals surface area contributed by atoms with Gasteiger partial charge in [-0.1, -0.05) is 24.3 Å². The fourth-order valence-electron chi connectivity index (χ4n) is 3.73. The molecule has 0 aliphatic carbocycles. The zero-order valence-corrected chi connectivity index (χ0v) is 21.3. The van der Waals surface area contributed by atoms with Crippen molar-refractivity contribution in [2.45, 2.75) is 26.2 Å². The van der Waals surface area contributed by atoms with Crippen LogP contribution in [0.1, 0.15) is 24.5 Å². The van der Waals surface area contributed by atoms with Crippen LogP contribution in [0.5, 0.6) is 11.5 Å². The van der Waals surface area contributed by atoms with Crippen molar-refractivity contribution in [3.05, 3.63) is 53.6 Å². The fraction of sp³-hybridized carbons (Fsp3) is 0.417. The molecule has 1 amide bonds. The summed E-state index contributed by atoms with van der Waals surface area (Å²) < 4.78 is 10.7. The Morgan fingerprint density at radius 2 is 1.88 bits per heavy atom. The van der Waals surface area contributed by atoms with E-state index in [1.807, 2.05) is 48.2 Å². The molecule has 0 saturated carbocycles. The summed E-state index contributed by atoms with van der Waals surface area (Å²) in [6.45, 7) is 4.27. The number of carbonyl (C=O) groups excluding carboxylic acids is 1. The quantitative estimate of drug-likeness (QED) is 0.299. The molecular formula is C24H33IN4O3. The molecule has 32 heavy (non-hydrogen) atoms. The monoisotopic (exact) mass is 552 g/mol. The molecule has 0 unspecified atom stereocenters. The lowest BCUT2D eigenvalue weighted by Gasteiger charge is -2.29. The standard InChI is InChI=1S/C24H32N4O3.HI/c1-4-25-24(26-14-13-18-11-12-21(30-2)22(16-18)31-3)27-17-23(29)28-15-7-9-19-8-5-6-10-20(19)28;/h5-6,8,10-12,16H,4,7,9,13-15,17H2,1-3H3,(H2,25,26,27);1H. The molecule has 7 nitrogen and oxygen atoms in total. The number of amides is 1. The van der Waals surface area contributed by atoms with Gasteiger partial charge in [0.1, 0.15) is 6.54 Å². The first-order valence-electron chi connectivity index (χ1n) is 10.8. The summed E-state index contributed by atoms with van der Waals surface area (Å²) in [4.78, 5) is 19.2. The average Bonchev–Trinajstić information content (AvgIpc) is 2.81. The van der Waals surface area contributed by atoms with Crippen LogP contribution < -0.4 is 25.0 Å². The van der Waals surface area contributed by atoms with Gasteiger partial charge in [0.05, 0.1) is 14.2 Å². The Balaban J connectivity index is 0.00000363. The van der Waals surface area contributed by atoms with Crippen LogP contribution >= 0.6 is 24.0 Å². The minimum Gasteiger partial charge on any atom is -0.493 e. The van der Waals surface area contributed by atoms with Crippen LogP contribution in [0.25, 0.3) is 0 Å².